The maximum atomic E-state index is 13.6. The first-order chi connectivity index (χ1) is 16.7. The fraction of sp³-hybridized carbons (Fsp3) is 0.240. The number of fused-ring (bicyclic) bond motifs is 1. The Kier molecular flexibility index (Phi) is 7.09. The van der Waals surface area contributed by atoms with E-state index >= 15 is 0 Å². The van der Waals surface area contributed by atoms with Crippen molar-refractivity contribution in [2.45, 2.75) is 31.2 Å². The summed E-state index contributed by atoms with van der Waals surface area (Å²) in [5, 5.41) is 3.13. The summed E-state index contributed by atoms with van der Waals surface area (Å²) in [5.41, 5.74) is 1.94. The summed E-state index contributed by atoms with van der Waals surface area (Å²) in [5.74, 6) is -0.857. The number of aromatic nitrogens is 1. The van der Waals surface area contributed by atoms with Crippen LogP contribution in [0.5, 0.6) is 0 Å². The molecule has 182 valence electrons. The molecule has 35 heavy (non-hydrogen) atoms. The zero-order valence-corrected chi connectivity index (χ0v) is 20.9. The number of nitrogens with zero attached hydrogens (tertiary/aromatic N) is 3. The molecule has 0 bridgehead atoms. The number of rotatable bonds is 5. The Hall–Kier alpha value is -3.43. The summed E-state index contributed by atoms with van der Waals surface area (Å²) in [6.07, 6.45) is 1.47. The number of pyridine rings is 1. The molecule has 3 aromatic rings. The minimum atomic E-state index is -4.02. The van der Waals surface area contributed by atoms with Crippen molar-refractivity contribution in [3.8, 4) is 0 Å². The maximum absolute atomic E-state index is 13.6. The fourth-order valence-corrected chi connectivity index (χ4v) is 5.67. The largest absolute Gasteiger partial charge is 0.335 e. The first-order valence-electron chi connectivity index (χ1n) is 11.1. The van der Waals surface area contributed by atoms with Crippen molar-refractivity contribution in [2.24, 2.45) is 0 Å². The van der Waals surface area contributed by atoms with Gasteiger partial charge in [0, 0.05) is 18.5 Å². The lowest BCUT2D eigenvalue weighted by atomic mass is 10.0. The molecule has 0 unspecified atom stereocenters. The lowest BCUT2D eigenvalue weighted by Gasteiger charge is -2.25. The third-order valence-electron chi connectivity index (χ3n) is 5.92. The minimum absolute atomic E-state index is 0.0272. The van der Waals surface area contributed by atoms with Crippen molar-refractivity contribution in [1.82, 2.24) is 9.88 Å². The van der Waals surface area contributed by atoms with Crippen molar-refractivity contribution in [3.05, 3.63) is 83.1 Å². The molecule has 0 saturated carbocycles. The smallest absolute Gasteiger partial charge is 0.264 e. The highest BCUT2D eigenvalue weighted by Gasteiger charge is 2.32. The van der Waals surface area contributed by atoms with Gasteiger partial charge in [-0.05, 0) is 36.8 Å². The average Bonchev–Trinajstić information content (AvgIpc) is 3.04. The Bertz CT molecular complexity index is 1360. The Morgan fingerprint density at radius 2 is 1.80 bits per heavy atom. The van der Waals surface area contributed by atoms with E-state index in [0.29, 0.717) is 22.1 Å². The van der Waals surface area contributed by atoms with Crippen LogP contribution >= 0.6 is 11.6 Å². The van der Waals surface area contributed by atoms with Gasteiger partial charge in [0.1, 0.15) is 0 Å². The SMILES string of the molecule is CC(=O)N1CCN(S(=O)(=O)c2cccc(Cl)c2)c2cc(NC(=O)[C@@H](C)c3ccccc3)cnc2C1. The van der Waals surface area contributed by atoms with Crippen LogP contribution in [0, 0.1) is 0 Å². The Labute approximate surface area is 209 Å². The van der Waals surface area contributed by atoms with Crippen LogP contribution in [-0.2, 0) is 26.2 Å². The molecule has 2 aromatic carbocycles. The third kappa shape index (κ3) is 5.31. The highest BCUT2D eigenvalue weighted by molar-refractivity contribution is 7.92. The lowest BCUT2D eigenvalue weighted by Crippen LogP contribution is -2.37. The van der Waals surface area contributed by atoms with Crippen LogP contribution in [0.3, 0.4) is 0 Å². The fourth-order valence-electron chi connectivity index (χ4n) is 3.90. The van der Waals surface area contributed by atoms with Crippen LogP contribution in [0.1, 0.15) is 31.0 Å². The van der Waals surface area contributed by atoms with E-state index in [1.807, 2.05) is 30.3 Å². The van der Waals surface area contributed by atoms with Crippen molar-refractivity contribution in [2.75, 3.05) is 22.7 Å². The van der Waals surface area contributed by atoms with Gasteiger partial charge in [-0.15, -0.1) is 0 Å². The summed E-state index contributed by atoms with van der Waals surface area (Å²) in [7, 11) is -4.02. The molecule has 0 aliphatic carbocycles. The molecule has 1 aromatic heterocycles. The van der Waals surface area contributed by atoms with E-state index in [0.717, 1.165) is 5.56 Å². The zero-order valence-electron chi connectivity index (χ0n) is 19.3. The van der Waals surface area contributed by atoms with Gasteiger partial charge in [-0.1, -0.05) is 48.0 Å². The standard InChI is InChI=1S/C25H25ClN4O4S/c1-17(19-7-4-3-5-8-19)25(32)28-21-14-24-23(27-15-21)16-29(18(2)31)11-12-30(24)35(33,34)22-10-6-9-20(26)13-22/h3-10,13-15,17H,11-12,16H2,1-2H3,(H,28,32)/t17-/m0/s1. The van der Waals surface area contributed by atoms with Gasteiger partial charge in [0.15, 0.2) is 0 Å². The van der Waals surface area contributed by atoms with Gasteiger partial charge in [-0.2, -0.15) is 0 Å². The number of hydrogen-bond donors (Lipinski definition) is 1. The normalized spacial score (nSPS) is 14.6. The molecule has 1 aliphatic heterocycles. The predicted octanol–water partition coefficient (Wildman–Crippen LogP) is 4.03. The number of amides is 2. The van der Waals surface area contributed by atoms with Crippen LogP contribution in [0.2, 0.25) is 5.02 Å². The van der Waals surface area contributed by atoms with E-state index in [2.05, 4.69) is 10.3 Å². The minimum Gasteiger partial charge on any atom is -0.335 e. The molecule has 1 atom stereocenters. The van der Waals surface area contributed by atoms with Gasteiger partial charge < -0.3 is 10.2 Å². The number of sulfonamides is 1. The van der Waals surface area contributed by atoms with Crippen molar-refractivity contribution >= 4 is 44.8 Å². The van der Waals surface area contributed by atoms with Crippen molar-refractivity contribution in [3.63, 3.8) is 0 Å². The molecular formula is C25H25ClN4O4S. The first-order valence-corrected chi connectivity index (χ1v) is 12.9. The van der Waals surface area contributed by atoms with Crippen molar-refractivity contribution in [1.29, 1.82) is 0 Å². The van der Waals surface area contributed by atoms with Crippen LogP contribution < -0.4 is 9.62 Å². The number of carbonyl (C=O) groups is 2. The molecule has 8 nitrogen and oxygen atoms in total. The molecule has 0 spiro atoms. The van der Waals surface area contributed by atoms with Crippen LogP contribution in [-0.4, -0.2) is 43.2 Å². The topological polar surface area (TPSA) is 99.7 Å². The van der Waals surface area contributed by atoms with E-state index in [-0.39, 0.29) is 36.3 Å². The third-order valence-corrected chi connectivity index (χ3v) is 7.96. The molecular weight excluding hydrogens is 488 g/mol. The number of benzene rings is 2. The molecule has 10 heteroatoms. The first kappa shape index (κ1) is 24.7. The Balaban J connectivity index is 1.71. The number of hydrogen-bond acceptors (Lipinski definition) is 5. The maximum Gasteiger partial charge on any atom is 0.264 e. The van der Waals surface area contributed by atoms with Gasteiger partial charge in [0.2, 0.25) is 11.8 Å². The molecule has 1 N–H and O–H groups in total. The molecule has 0 saturated heterocycles. The number of halogens is 1. The van der Waals surface area contributed by atoms with E-state index in [4.69, 9.17) is 11.6 Å². The van der Waals surface area contributed by atoms with Gasteiger partial charge in [-0.3, -0.25) is 18.9 Å². The Morgan fingerprint density at radius 1 is 1.06 bits per heavy atom. The average molecular weight is 513 g/mol. The highest BCUT2D eigenvalue weighted by Crippen LogP contribution is 2.32. The van der Waals surface area contributed by atoms with Crippen LogP contribution in [0.25, 0.3) is 0 Å². The van der Waals surface area contributed by atoms with E-state index in [1.54, 1.807) is 25.1 Å². The second-order valence-corrected chi connectivity index (χ2v) is 10.6. The van der Waals surface area contributed by atoms with Crippen LogP contribution in [0.4, 0.5) is 11.4 Å². The van der Waals surface area contributed by atoms with Gasteiger partial charge in [0.05, 0.1) is 47.2 Å². The molecule has 2 amide bonds. The van der Waals surface area contributed by atoms with Crippen LogP contribution in [0.15, 0.2) is 71.8 Å². The highest BCUT2D eigenvalue weighted by atomic mass is 35.5. The van der Waals surface area contributed by atoms with Gasteiger partial charge >= 0.3 is 0 Å². The molecule has 0 fully saturated rings. The second kappa shape index (κ2) is 10.1. The van der Waals surface area contributed by atoms with E-state index in [1.165, 1.54) is 34.5 Å². The molecule has 2 heterocycles. The van der Waals surface area contributed by atoms with E-state index < -0.39 is 15.9 Å². The molecule has 1 aliphatic rings. The monoisotopic (exact) mass is 512 g/mol. The van der Waals surface area contributed by atoms with Gasteiger partial charge in [-0.25, -0.2) is 8.42 Å². The molecule has 0 radical (unpaired) electrons. The summed E-state index contributed by atoms with van der Waals surface area (Å²) >= 11 is 6.05. The summed E-state index contributed by atoms with van der Waals surface area (Å²) in [6.45, 7) is 3.60. The zero-order chi connectivity index (χ0) is 25.2. The van der Waals surface area contributed by atoms with Crippen molar-refractivity contribution < 1.29 is 18.0 Å². The predicted molar refractivity (Wildman–Crippen MR) is 135 cm³/mol. The lowest BCUT2D eigenvalue weighted by molar-refractivity contribution is -0.129. The van der Waals surface area contributed by atoms with E-state index in [9.17, 15) is 18.0 Å². The summed E-state index contributed by atoms with van der Waals surface area (Å²) in [4.78, 5) is 31.0. The molecule has 4 rings (SSSR count). The summed E-state index contributed by atoms with van der Waals surface area (Å²) < 4.78 is 28.4. The summed E-state index contributed by atoms with van der Waals surface area (Å²) in [6, 6.07) is 16.9. The number of nitrogens with one attached hydrogen (secondary N) is 1. The van der Waals surface area contributed by atoms with Gasteiger partial charge in [0.25, 0.3) is 10.0 Å². The quantitative estimate of drug-likeness (QED) is 0.556. The Morgan fingerprint density at radius 3 is 2.49 bits per heavy atom. The second-order valence-electron chi connectivity index (χ2n) is 8.29. The number of anilines is 2. The number of carbonyl (C=O) groups excluding carboxylic acids is 2.